The Kier molecular flexibility index (Phi) is 0.624. The number of rotatable bonds is 0. The van der Waals surface area contributed by atoms with E-state index in [2.05, 4.69) is 15.7 Å². The van der Waals surface area contributed by atoms with Crippen LogP contribution in [0.4, 0.5) is 0 Å². The van der Waals surface area contributed by atoms with Crippen LogP contribution in [0.15, 0.2) is 5.51 Å². The molecule has 3 heteroatoms. The molecule has 0 saturated heterocycles. The highest BCUT2D eigenvalue weighted by Crippen LogP contribution is 1.79. The fourth-order valence-electron chi connectivity index (χ4n) is 0.118. The Hall–Kier alpha value is -0.440. The lowest BCUT2D eigenvalue weighted by molar-refractivity contribution is 1.08. The smallest absolute Gasteiger partial charge is 0.0496 e. The lowest BCUT2D eigenvalue weighted by atomic mass is 11.6. The van der Waals surface area contributed by atoms with E-state index in [0.717, 1.165) is 0 Å². The Bertz CT molecular complexity index is 64.1. The molecule has 0 spiro atoms. The molecule has 0 N–H and O–H groups in total. The summed E-state index contributed by atoms with van der Waals surface area (Å²) in [5.74, 6) is 0. The zero-order valence-corrected chi connectivity index (χ0v) is 3.20. The summed E-state index contributed by atoms with van der Waals surface area (Å²) in [6.45, 7) is 0. The Labute approximate surface area is 33.5 Å². The van der Waals surface area contributed by atoms with Gasteiger partial charge in [-0.15, -0.1) is 0 Å². The Morgan fingerprint density at radius 3 is 3.00 bits per heavy atom. The highest BCUT2D eigenvalue weighted by atomic mass is 32.1. The van der Waals surface area contributed by atoms with Crippen LogP contribution < -0.4 is 0 Å². The van der Waals surface area contributed by atoms with Crippen LogP contribution in [0, 0.1) is 5.51 Å². The van der Waals surface area contributed by atoms with Crippen molar-refractivity contribution in [2.24, 2.45) is 0 Å². The average molecular weight is 85.1 g/mol. The van der Waals surface area contributed by atoms with Crippen LogP contribution in [0.3, 0.4) is 0 Å². The second-order valence-corrected chi connectivity index (χ2v) is 1.16. The van der Waals surface area contributed by atoms with E-state index in [0.29, 0.717) is 0 Å². The van der Waals surface area contributed by atoms with Crippen molar-refractivity contribution in [3.05, 3.63) is 11.0 Å². The van der Waals surface area contributed by atoms with E-state index in [9.17, 15) is 0 Å². The number of hydrogen-bond acceptors (Lipinski definition) is 3. The van der Waals surface area contributed by atoms with Crippen LogP contribution >= 0.6 is 11.3 Å². The molecule has 0 aliphatic heterocycles. The van der Waals surface area contributed by atoms with Gasteiger partial charge in [-0.3, -0.25) is 10.2 Å². The molecule has 2 nitrogen and oxygen atoms in total. The summed E-state index contributed by atoms with van der Waals surface area (Å²) < 4.78 is 0. The zero-order chi connectivity index (χ0) is 3.54. The van der Waals surface area contributed by atoms with Crippen molar-refractivity contribution in [1.82, 2.24) is 10.2 Å². The molecule has 1 aromatic heterocycles. The normalized spacial score (nSPS) is 8.00. The summed E-state index contributed by atoms with van der Waals surface area (Å²) in [7, 11) is 0. The van der Waals surface area contributed by atoms with Gasteiger partial charge in [0.1, 0.15) is 0 Å². The topological polar surface area (TPSA) is 25.8 Å². The maximum Gasteiger partial charge on any atom is -0.0496 e. The minimum Gasteiger partial charge on any atom is -0.319 e. The molecule has 1 rings (SSSR count). The molecule has 0 bridgehead atoms. The molecule has 0 aliphatic rings. The molecule has 0 aliphatic carbocycles. The van der Waals surface area contributed by atoms with Crippen molar-refractivity contribution in [2.75, 3.05) is 0 Å². The van der Waals surface area contributed by atoms with Gasteiger partial charge in [-0.1, -0.05) is 5.51 Å². The van der Waals surface area contributed by atoms with Gasteiger partial charge >= 0.3 is 0 Å². The van der Waals surface area contributed by atoms with E-state index in [4.69, 9.17) is 0 Å². The average Bonchev–Trinajstić information content (AvgIpc) is 1.76. The van der Waals surface area contributed by atoms with Gasteiger partial charge in [0.25, 0.3) is 0 Å². The van der Waals surface area contributed by atoms with E-state index in [1.165, 1.54) is 11.3 Å². The van der Waals surface area contributed by atoms with Crippen molar-refractivity contribution in [2.45, 2.75) is 0 Å². The molecule has 1 heterocycles. The van der Waals surface area contributed by atoms with Crippen molar-refractivity contribution >= 4 is 11.3 Å². The maximum absolute atomic E-state index is 3.44. The predicted molar refractivity (Wildman–Crippen MR) is 18.7 cm³/mol. The Morgan fingerprint density at radius 1 is 1.80 bits per heavy atom. The highest BCUT2D eigenvalue weighted by Gasteiger charge is 1.45. The van der Waals surface area contributed by atoms with Gasteiger partial charge in [-0.2, -0.15) is 0 Å². The summed E-state index contributed by atoms with van der Waals surface area (Å²) in [4.78, 5) is 0. The number of hydrogen-bond donors (Lipinski definition) is 0. The van der Waals surface area contributed by atoms with Crippen LogP contribution in [0.5, 0.6) is 0 Å². The van der Waals surface area contributed by atoms with Gasteiger partial charge in [0, 0.05) is 0 Å². The fraction of sp³-hybridized carbons (Fsp3) is 0. The van der Waals surface area contributed by atoms with Crippen molar-refractivity contribution in [1.29, 1.82) is 0 Å². The molecular weight excluding hydrogens is 84.1 g/mol. The zero-order valence-electron chi connectivity index (χ0n) is 2.38. The lowest BCUT2D eigenvalue weighted by Gasteiger charge is -1.54. The number of nitrogens with zero attached hydrogens (tertiary/aromatic N) is 2. The summed E-state index contributed by atoms with van der Waals surface area (Å²) in [5.41, 5.74) is 4.17. The van der Waals surface area contributed by atoms with Crippen LogP contribution in [0.25, 0.3) is 0 Å². The quantitative estimate of drug-likeness (QED) is 0.424. The van der Waals surface area contributed by atoms with E-state index in [1.54, 1.807) is 5.51 Å². The fourth-order valence-corrected chi connectivity index (χ4v) is 0.354. The van der Waals surface area contributed by atoms with E-state index in [1.807, 2.05) is 0 Å². The molecule has 26 valence electrons. The molecular formula is C2HN2S-. The largest absolute Gasteiger partial charge is 0.319 e. The summed E-state index contributed by atoms with van der Waals surface area (Å²) in [6, 6.07) is 0. The molecule has 0 atom stereocenters. The maximum atomic E-state index is 3.44. The SMILES string of the molecule is [c-]1nncs1. The second kappa shape index (κ2) is 1.12. The third kappa shape index (κ3) is 0.417. The van der Waals surface area contributed by atoms with Gasteiger partial charge in [0.05, 0.1) is 0 Å². The van der Waals surface area contributed by atoms with Crippen molar-refractivity contribution in [3.63, 3.8) is 0 Å². The summed E-state index contributed by atoms with van der Waals surface area (Å²) in [6.07, 6.45) is 0. The van der Waals surface area contributed by atoms with Gasteiger partial charge in [0.2, 0.25) is 0 Å². The van der Waals surface area contributed by atoms with E-state index in [-0.39, 0.29) is 0 Å². The van der Waals surface area contributed by atoms with Gasteiger partial charge in [0.15, 0.2) is 0 Å². The summed E-state index contributed by atoms with van der Waals surface area (Å²) >= 11 is 1.37. The van der Waals surface area contributed by atoms with Crippen LogP contribution in [0.1, 0.15) is 0 Å². The highest BCUT2D eigenvalue weighted by molar-refractivity contribution is 7.06. The lowest BCUT2D eigenvalue weighted by Crippen LogP contribution is -1.54. The Balaban J connectivity index is 3.13. The Morgan fingerprint density at radius 2 is 2.80 bits per heavy atom. The van der Waals surface area contributed by atoms with Gasteiger partial charge < -0.3 is 11.3 Å². The van der Waals surface area contributed by atoms with E-state index >= 15 is 0 Å². The molecule has 0 amide bonds. The summed E-state index contributed by atoms with van der Waals surface area (Å²) in [5, 5.41) is 6.80. The van der Waals surface area contributed by atoms with E-state index < -0.39 is 0 Å². The van der Waals surface area contributed by atoms with Crippen LogP contribution in [-0.2, 0) is 0 Å². The third-order valence-electron chi connectivity index (χ3n) is 0.251. The first kappa shape index (κ1) is 2.78. The first-order valence-corrected chi connectivity index (χ1v) is 2.00. The first-order chi connectivity index (χ1) is 2.50. The molecule has 0 radical (unpaired) electrons. The van der Waals surface area contributed by atoms with Crippen molar-refractivity contribution in [3.8, 4) is 0 Å². The van der Waals surface area contributed by atoms with Gasteiger partial charge in [-0.25, -0.2) is 0 Å². The second-order valence-electron chi connectivity index (χ2n) is 0.530. The predicted octanol–water partition coefficient (Wildman–Crippen LogP) is 0.338. The third-order valence-corrected chi connectivity index (χ3v) is 0.638. The van der Waals surface area contributed by atoms with Crippen LogP contribution in [-0.4, -0.2) is 10.2 Å². The van der Waals surface area contributed by atoms with Gasteiger partial charge in [-0.05, 0) is 5.51 Å². The molecule has 0 fully saturated rings. The minimum absolute atomic E-state index is 1.37. The molecule has 0 aromatic carbocycles. The first-order valence-electron chi connectivity index (χ1n) is 1.12. The van der Waals surface area contributed by atoms with Crippen molar-refractivity contribution < 1.29 is 0 Å². The number of aromatic nitrogens is 2. The monoisotopic (exact) mass is 85.0 g/mol. The molecule has 5 heavy (non-hydrogen) atoms. The minimum atomic E-state index is 1.37. The standard InChI is InChI=1S/C2HN2S/c1-3-4-2-5-1/h1H/q-1. The molecule has 0 saturated carbocycles. The molecule has 1 aromatic rings. The molecule has 0 unspecified atom stereocenters. The van der Waals surface area contributed by atoms with Crippen LogP contribution in [0.2, 0.25) is 0 Å².